The maximum Gasteiger partial charge on any atom is 0.258 e. The summed E-state index contributed by atoms with van der Waals surface area (Å²) in [6.07, 6.45) is 0. The van der Waals surface area contributed by atoms with Crippen molar-refractivity contribution in [3.63, 3.8) is 0 Å². The van der Waals surface area contributed by atoms with E-state index in [2.05, 4.69) is 10.3 Å². The van der Waals surface area contributed by atoms with E-state index in [-0.39, 0.29) is 5.91 Å². The first-order valence-corrected chi connectivity index (χ1v) is 11.2. The summed E-state index contributed by atoms with van der Waals surface area (Å²) in [5.41, 5.74) is 4.14. The number of para-hydroxylation sites is 1. The molecule has 30 heavy (non-hydrogen) atoms. The SMILES string of the molecule is Cc1sc(NC(=O)c2cc(-c3cccs3)nc3ccccc23)nc1-c1ccccc1. The molecule has 0 atom stereocenters. The number of fused-ring (bicyclic) bond motifs is 1. The fraction of sp³-hybridized carbons (Fsp3) is 0.0417. The summed E-state index contributed by atoms with van der Waals surface area (Å²) in [5, 5.41) is 6.43. The smallest absolute Gasteiger partial charge is 0.258 e. The second-order valence-corrected chi connectivity index (χ2v) is 8.94. The van der Waals surface area contributed by atoms with E-state index >= 15 is 0 Å². The molecule has 0 bridgehead atoms. The predicted molar refractivity (Wildman–Crippen MR) is 125 cm³/mol. The van der Waals surface area contributed by atoms with Crippen molar-refractivity contribution in [1.29, 1.82) is 0 Å². The maximum atomic E-state index is 13.2. The minimum Gasteiger partial charge on any atom is -0.298 e. The molecule has 1 amide bonds. The van der Waals surface area contributed by atoms with Crippen LogP contribution in [-0.4, -0.2) is 15.9 Å². The normalized spacial score (nSPS) is 11.0. The van der Waals surface area contributed by atoms with Gasteiger partial charge in [0, 0.05) is 15.8 Å². The lowest BCUT2D eigenvalue weighted by Crippen LogP contribution is -2.13. The van der Waals surface area contributed by atoms with Crippen LogP contribution < -0.4 is 5.32 Å². The number of nitrogens with one attached hydrogen (secondary N) is 1. The molecule has 0 saturated heterocycles. The molecule has 5 rings (SSSR count). The van der Waals surface area contributed by atoms with Crippen molar-refractivity contribution in [2.45, 2.75) is 6.92 Å². The van der Waals surface area contributed by atoms with Gasteiger partial charge in [0.15, 0.2) is 5.13 Å². The van der Waals surface area contributed by atoms with E-state index in [1.54, 1.807) is 11.3 Å². The van der Waals surface area contributed by atoms with E-state index in [0.717, 1.165) is 37.6 Å². The number of aryl methyl sites for hydroxylation is 1. The molecule has 0 saturated carbocycles. The number of thiophene rings is 1. The predicted octanol–water partition coefficient (Wildman–Crippen LogP) is 6.65. The molecular weight excluding hydrogens is 410 g/mol. The van der Waals surface area contributed by atoms with Crippen LogP contribution in [0.2, 0.25) is 0 Å². The van der Waals surface area contributed by atoms with Crippen molar-refractivity contribution >= 4 is 44.6 Å². The van der Waals surface area contributed by atoms with Crippen molar-refractivity contribution in [3.05, 3.63) is 88.6 Å². The second-order valence-electron chi connectivity index (χ2n) is 6.79. The summed E-state index contributed by atoms with van der Waals surface area (Å²) in [6, 6.07) is 23.6. The maximum absolute atomic E-state index is 13.2. The number of carbonyl (C=O) groups is 1. The van der Waals surface area contributed by atoms with Crippen LogP contribution >= 0.6 is 22.7 Å². The van der Waals surface area contributed by atoms with Gasteiger partial charge in [0.1, 0.15) is 0 Å². The summed E-state index contributed by atoms with van der Waals surface area (Å²) in [7, 11) is 0. The Morgan fingerprint density at radius 1 is 0.933 bits per heavy atom. The molecule has 3 heterocycles. The van der Waals surface area contributed by atoms with Gasteiger partial charge in [-0.25, -0.2) is 9.97 Å². The summed E-state index contributed by atoms with van der Waals surface area (Å²) >= 11 is 3.09. The molecule has 0 aliphatic rings. The first-order chi connectivity index (χ1) is 14.7. The molecule has 0 aliphatic carbocycles. The Morgan fingerprint density at radius 3 is 2.53 bits per heavy atom. The number of benzene rings is 2. The molecule has 5 aromatic rings. The highest BCUT2D eigenvalue weighted by molar-refractivity contribution is 7.16. The van der Waals surface area contributed by atoms with E-state index in [1.165, 1.54) is 11.3 Å². The number of amides is 1. The zero-order chi connectivity index (χ0) is 20.5. The molecule has 146 valence electrons. The van der Waals surface area contributed by atoms with E-state index in [1.807, 2.05) is 85.1 Å². The molecular formula is C24H17N3OS2. The molecule has 0 fully saturated rings. The number of aromatic nitrogens is 2. The lowest BCUT2D eigenvalue weighted by molar-refractivity contribution is 0.102. The van der Waals surface area contributed by atoms with Gasteiger partial charge < -0.3 is 0 Å². The van der Waals surface area contributed by atoms with Crippen molar-refractivity contribution in [3.8, 4) is 21.8 Å². The third-order valence-corrected chi connectivity index (χ3v) is 6.58. The third kappa shape index (κ3) is 3.51. The van der Waals surface area contributed by atoms with E-state index in [4.69, 9.17) is 4.98 Å². The number of hydrogen-bond donors (Lipinski definition) is 1. The molecule has 6 heteroatoms. The summed E-state index contributed by atoms with van der Waals surface area (Å²) in [5.74, 6) is -0.181. The zero-order valence-corrected chi connectivity index (χ0v) is 17.8. The zero-order valence-electron chi connectivity index (χ0n) is 16.1. The first-order valence-electron chi connectivity index (χ1n) is 9.47. The molecule has 4 nitrogen and oxygen atoms in total. The average molecular weight is 428 g/mol. The molecule has 0 aliphatic heterocycles. The van der Waals surface area contributed by atoms with Crippen LogP contribution in [0.3, 0.4) is 0 Å². The Labute approximate surface area is 181 Å². The van der Waals surface area contributed by atoms with Gasteiger partial charge in [-0.05, 0) is 30.5 Å². The van der Waals surface area contributed by atoms with E-state index < -0.39 is 0 Å². The highest BCUT2D eigenvalue weighted by Gasteiger charge is 2.17. The number of thiazole rings is 1. The Hall–Kier alpha value is -3.35. The van der Waals surface area contributed by atoms with Crippen LogP contribution in [0, 0.1) is 6.92 Å². The highest BCUT2D eigenvalue weighted by atomic mass is 32.1. The van der Waals surface area contributed by atoms with Crippen LogP contribution in [0.15, 0.2) is 78.2 Å². The summed E-state index contributed by atoms with van der Waals surface area (Å²) < 4.78 is 0. The number of nitrogens with zero attached hydrogens (tertiary/aromatic N) is 2. The van der Waals surface area contributed by atoms with Gasteiger partial charge in [-0.2, -0.15) is 0 Å². The van der Waals surface area contributed by atoms with Crippen LogP contribution in [0.1, 0.15) is 15.2 Å². The lowest BCUT2D eigenvalue weighted by atomic mass is 10.1. The topological polar surface area (TPSA) is 54.9 Å². The van der Waals surface area contributed by atoms with E-state index in [0.29, 0.717) is 10.7 Å². The largest absolute Gasteiger partial charge is 0.298 e. The molecule has 1 N–H and O–H groups in total. The number of pyridine rings is 1. The molecule has 0 spiro atoms. The first kappa shape index (κ1) is 18.7. The molecule has 2 aromatic carbocycles. The molecule has 0 unspecified atom stereocenters. The van der Waals surface area contributed by atoms with Gasteiger partial charge >= 0.3 is 0 Å². The van der Waals surface area contributed by atoms with Crippen LogP contribution in [-0.2, 0) is 0 Å². The Morgan fingerprint density at radius 2 is 1.73 bits per heavy atom. The quantitative estimate of drug-likeness (QED) is 0.349. The average Bonchev–Trinajstić information content (AvgIpc) is 3.43. The minimum absolute atomic E-state index is 0.181. The van der Waals surface area contributed by atoms with Crippen molar-refractivity contribution in [1.82, 2.24) is 9.97 Å². The monoisotopic (exact) mass is 427 g/mol. The lowest BCUT2D eigenvalue weighted by Gasteiger charge is -2.08. The number of anilines is 1. The summed E-state index contributed by atoms with van der Waals surface area (Å²) in [6.45, 7) is 2.02. The van der Waals surface area contributed by atoms with Gasteiger partial charge in [0.25, 0.3) is 5.91 Å². The summed E-state index contributed by atoms with van der Waals surface area (Å²) in [4.78, 5) is 24.8. The Bertz CT molecular complexity index is 1340. The van der Waals surface area contributed by atoms with Crippen LogP contribution in [0.4, 0.5) is 5.13 Å². The number of hydrogen-bond acceptors (Lipinski definition) is 5. The van der Waals surface area contributed by atoms with Crippen LogP contribution in [0.25, 0.3) is 32.7 Å². The van der Waals surface area contributed by atoms with Gasteiger partial charge in [0.05, 0.1) is 27.3 Å². The van der Waals surface area contributed by atoms with Gasteiger partial charge in [0.2, 0.25) is 0 Å². The second kappa shape index (κ2) is 7.82. The fourth-order valence-corrected chi connectivity index (χ4v) is 4.91. The van der Waals surface area contributed by atoms with Crippen molar-refractivity contribution < 1.29 is 4.79 Å². The fourth-order valence-electron chi connectivity index (χ4n) is 3.39. The van der Waals surface area contributed by atoms with Crippen molar-refractivity contribution in [2.75, 3.05) is 5.32 Å². The highest BCUT2D eigenvalue weighted by Crippen LogP contribution is 2.32. The minimum atomic E-state index is -0.181. The third-order valence-electron chi connectivity index (χ3n) is 4.80. The number of carbonyl (C=O) groups excluding carboxylic acids is 1. The Balaban J connectivity index is 1.53. The molecule has 3 aromatic heterocycles. The van der Waals surface area contributed by atoms with Gasteiger partial charge in [-0.3, -0.25) is 10.1 Å². The number of rotatable bonds is 4. The Kier molecular flexibility index (Phi) is 4.86. The standard InChI is InChI=1S/C24H17N3OS2/c1-15-22(16-8-3-2-4-9-16)26-24(30-15)27-23(28)18-14-20(21-12-7-13-29-21)25-19-11-6-5-10-17(18)19/h2-14H,1H3,(H,26,27,28). The van der Waals surface area contributed by atoms with E-state index in [9.17, 15) is 4.79 Å². The van der Waals surface area contributed by atoms with Crippen molar-refractivity contribution in [2.24, 2.45) is 0 Å². The van der Waals surface area contributed by atoms with Gasteiger partial charge in [-0.1, -0.05) is 54.6 Å². The van der Waals surface area contributed by atoms with Crippen LogP contribution in [0.5, 0.6) is 0 Å². The molecule has 0 radical (unpaired) electrons. The van der Waals surface area contributed by atoms with Gasteiger partial charge in [-0.15, -0.1) is 22.7 Å².